The highest BCUT2D eigenvalue weighted by molar-refractivity contribution is 5.90. The number of fused-ring (bicyclic) bond motifs is 1. The molecule has 0 spiro atoms. The van der Waals surface area contributed by atoms with Crippen LogP contribution < -0.4 is 4.74 Å². The lowest BCUT2D eigenvalue weighted by atomic mass is 9.94. The molecule has 0 saturated heterocycles. The van der Waals surface area contributed by atoms with Gasteiger partial charge in [0.15, 0.2) is 0 Å². The normalized spacial score (nSPS) is 11.0. The van der Waals surface area contributed by atoms with E-state index < -0.39 is 0 Å². The molecule has 1 aromatic heterocycles. The zero-order valence-electron chi connectivity index (χ0n) is 12.6. The fourth-order valence-corrected chi connectivity index (χ4v) is 2.70. The largest absolute Gasteiger partial charge is 0.438 e. The monoisotopic (exact) mass is 277 g/mol. The molecule has 2 aromatic carbocycles. The molecule has 21 heavy (non-hydrogen) atoms. The van der Waals surface area contributed by atoms with Crippen molar-refractivity contribution in [2.24, 2.45) is 0 Å². The lowest BCUT2D eigenvalue weighted by molar-refractivity contribution is 0.469. The smallest absolute Gasteiger partial charge is 0.227 e. The predicted molar refractivity (Wildman–Crippen MR) is 87.1 cm³/mol. The second-order valence-corrected chi connectivity index (χ2v) is 5.56. The van der Waals surface area contributed by atoms with E-state index in [-0.39, 0.29) is 0 Å². The molecule has 0 unspecified atom stereocenters. The first-order chi connectivity index (χ1) is 10.2. The predicted octanol–water partition coefficient (Wildman–Crippen LogP) is 5.46. The van der Waals surface area contributed by atoms with Crippen molar-refractivity contribution in [1.82, 2.24) is 4.98 Å². The summed E-state index contributed by atoms with van der Waals surface area (Å²) < 4.78 is 5.94. The topological polar surface area (TPSA) is 22.1 Å². The SMILES string of the molecule is Cc1c(C(C)C)ccc2c(Oc3ccccc3)nccc12. The Kier molecular flexibility index (Phi) is 3.61. The van der Waals surface area contributed by atoms with E-state index in [0.717, 1.165) is 11.1 Å². The summed E-state index contributed by atoms with van der Waals surface area (Å²) in [6.45, 7) is 6.61. The van der Waals surface area contributed by atoms with E-state index in [2.05, 4.69) is 44.0 Å². The first-order valence-corrected chi connectivity index (χ1v) is 7.28. The van der Waals surface area contributed by atoms with Crippen LogP contribution in [0.1, 0.15) is 30.9 Å². The van der Waals surface area contributed by atoms with Crippen molar-refractivity contribution in [3.05, 3.63) is 65.9 Å². The molecule has 0 aliphatic heterocycles. The maximum Gasteiger partial charge on any atom is 0.227 e. The van der Waals surface area contributed by atoms with E-state index in [4.69, 9.17) is 4.74 Å². The molecule has 1 heterocycles. The Morgan fingerprint density at radius 3 is 2.38 bits per heavy atom. The molecular weight excluding hydrogens is 258 g/mol. The summed E-state index contributed by atoms with van der Waals surface area (Å²) in [6, 6.07) is 16.1. The highest BCUT2D eigenvalue weighted by Gasteiger charge is 2.11. The molecule has 0 saturated carbocycles. The number of hydrogen-bond acceptors (Lipinski definition) is 2. The van der Waals surface area contributed by atoms with Gasteiger partial charge in [-0.05, 0) is 53.6 Å². The van der Waals surface area contributed by atoms with Crippen molar-refractivity contribution >= 4 is 10.8 Å². The fourth-order valence-electron chi connectivity index (χ4n) is 2.70. The highest BCUT2D eigenvalue weighted by Crippen LogP contribution is 2.32. The average Bonchev–Trinajstić information content (AvgIpc) is 2.49. The second kappa shape index (κ2) is 5.57. The Hall–Kier alpha value is -2.35. The van der Waals surface area contributed by atoms with Crippen LogP contribution in [0, 0.1) is 6.92 Å². The number of ether oxygens (including phenoxy) is 1. The van der Waals surface area contributed by atoms with Crippen LogP contribution >= 0.6 is 0 Å². The lowest BCUT2D eigenvalue weighted by Crippen LogP contribution is -1.95. The minimum Gasteiger partial charge on any atom is -0.438 e. The van der Waals surface area contributed by atoms with Crippen LogP contribution in [-0.2, 0) is 0 Å². The van der Waals surface area contributed by atoms with Gasteiger partial charge in [0.2, 0.25) is 5.88 Å². The summed E-state index contributed by atoms with van der Waals surface area (Å²) in [5.74, 6) is 1.99. The number of para-hydroxylation sites is 1. The minimum absolute atomic E-state index is 0.515. The number of benzene rings is 2. The molecule has 0 radical (unpaired) electrons. The maximum atomic E-state index is 5.94. The van der Waals surface area contributed by atoms with Gasteiger partial charge in [0.05, 0.1) is 0 Å². The van der Waals surface area contributed by atoms with Gasteiger partial charge in [-0.3, -0.25) is 0 Å². The van der Waals surface area contributed by atoms with Gasteiger partial charge < -0.3 is 4.74 Å². The highest BCUT2D eigenvalue weighted by atomic mass is 16.5. The van der Waals surface area contributed by atoms with E-state index in [1.54, 1.807) is 0 Å². The van der Waals surface area contributed by atoms with Gasteiger partial charge in [-0.1, -0.05) is 38.1 Å². The van der Waals surface area contributed by atoms with Gasteiger partial charge in [0.1, 0.15) is 5.75 Å². The number of hydrogen-bond donors (Lipinski definition) is 0. The van der Waals surface area contributed by atoms with Gasteiger partial charge in [0.25, 0.3) is 0 Å². The molecule has 0 amide bonds. The molecule has 0 N–H and O–H groups in total. The molecule has 106 valence electrons. The molecule has 3 aromatic rings. The van der Waals surface area contributed by atoms with Gasteiger partial charge >= 0.3 is 0 Å². The van der Waals surface area contributed by atoms with Crippen LogP contribution in [0.2, 0.25) is 0 Å². The Balaban J connectivity index is 2.11. The van der Waals surface area contributed by atoms with Crippen LogP contribution in [0.15, 0.2) is 54.7 Å². The van der Waals surface area contributed by atoms with Crippen molar-refractivity contribution in [3.63, 3.8) is 0 Å². The van der Waals surface area contributed by atoms with Crippen molar-refractivity contribution < 1.29 is 4.74 Å². The van der Waals surface area contributed by atoms with Crippen molar-refractivity contribution in [2.45, 2.75) is 26.7 Å². The number of rotatable bonds is 3. The van der Waals surface area contributed by atoms with Crippen LogP contribution in [0.4, 0.5) is 0 Å². The van der Waals surface area contributed by atoms with E-state index >= 15 is 0 Å². The van der Waals surface area contributed by atoms with Crippen LogP contribution in [0.5, 0.6) is 11.6 Å². The lowest BCUT2D eigenvalue weighted by Gasteiger charge is -2.14. The zero-order chi connectivity index (χ0) is 14.8. The number of nitrogens with zero attached hydrogens (tertiary/aromatic N) is 1. The number of pyridine rings is 1. The van der Waals surface area contributed by atoms with Crippen LogP contribution in [0.25, 0.3) is 10.8 Å². The molecule has 0 atom stereocenters. The third-order valence-electron chi connectivity index (χ3n) is 3.80. The quantitative estimate of drug-likeness (QED) is 0.634. The first-order valence-electron chi connectivity index (χ1n) is 7.28. The maximum absolute atomic E-state index is 5.94. The molecule has 0 bridgehead atoms. The summed E-state index contributed by atoms with van der Waals surface area (Å²) in [7, 11) is 0. The Morgan fingerprint density at radius 2 is 1.67 bits per heavy atom. The standard InChI is InChI=1S/C19H19NO/c1-13(2)16-9-10-18-17(14(16)3)11-12-20-19(18)21-15-7-5-4-6-8-15/h4-13H,1-3H3. The van der Waals surface area contributed by atoms with E-state index in [0.29, 0.717) is 11.8 Å². The van der Waals surface area contributed by atoms with Crippen molar-refractivity contribution in [3.8, 4) is 11.6 Å². The van der Waals surface area contributed by atoms with Gasteiger partial charge in [-0.15, -0.1) is 0 Å². The minimum atomic E-state index is 0.515. The molecule has 3 rings (SSSR count). The second-order valence-electron chi connectivity index (χ2n) is 5.56. The van der Waals surface area contributed by atoms with E-state index in [1.807, 2.05) is 36.5 Å². The van der Waals surface area contributed by atoms with Gasteiger partial charge in [-0.2, -0.15) is 0 Å². The van der Waals surface area contributed by atoms with Crippen molar-refractivity contribution in [2.75, 3.05) is 0 Å². The van der Waals surface area contributed by atoms with Gasteiger partial charge in [-0.25, -0.2) is 4.98 Å². The first kappa shape index (κ1) is 13.6. The number of aromatic nitrogens is 1. The molecule has 2 nitrogen and oxygen atoms in total. The zero-order valence-corrected chi connectivity index (χ0v) is 12.6. The molecule has 0 aliphatic carbocycles. The Morgan fingerprint density at radius 1 is 0.905 bits per heavy atom. The average molecular weight is 277 g/mol. The van der Waals surface area contributed by atoms with E-state index in [9.17, 15) is 0 Å². The summed E-state index contributed by atoms with van der Waals surface area (Å²) in [4.78, 5) is 4.40. The summed E-state index contributed by atoms with van der Waals surface area (Å²) >= 11 is 0. The molecule has 0 fully saturated rings. The van der Waals surface area contributed by atoms with Crippen molar-refractivity contribution in [1.29, 1.82) is 0 Å². The third kappa shape index (κ3) is 2.62. The summed E-state index contributed by atoms with van der Waals surface area (Å²) in [5.41, 5.74) is 2.68. The summed E-state index contributed by atoms with van der Waals surface area (Å²) in [5, 5.41) is 2.27. The van der Waals surface area contributed by atoms with Gasteiger partial charge in [0, 0.05) is 11.6 Å². The Labute approximate surface area is 125 Å². The third-order valence-corrected chi connectivity index (χ3v) is 3.80. The van der Waals surface area contributed by atoms with Crippen LogP contribution in [-0.4, -0.2) is 4.98 Å². The fraction of sp³-hybridized carbons (Fsp3) is 0.211. The molecule has 2 heteroatoms. The molecule has 0 aliphatic rings. The Bertz CT molecular complexity index is 763. The van der Waals surface area contributed by atoms with Crippen LogP contribution in [0.3, 0.4) is 0 Å². The molecular formula is C19H19NO. The van der Waals surface area contributed by atoms with E-state index in [1.165, 1.54) is 16.5 Å². The number of aryl methyl sites for hydroxylation is 1. The summed E-state index contributed by atoms with van der Waals surface area (Å²) in [6.07, 6.45) is 1.82.